The zero-order chi connectivity index (χ0) is 10.4. The fourth-order valence-corrected chi connectivity index (χ4v) is 0.913. The number of hydrogen-bond donors (Lipinski definition) is 1. The zero-order valence-corrected chi connectivity index (χ0v) is 7.30. The lowest BCUT2D eigenvalue weighted by molar-refractivity contribution is -0.128. The van der Waals surface area contributed by atoms with E-state index < -0.39 is 11.1 Å². The van der Waals surface area contributed by atoms with Crippen LogP contribution in [0.3, 0.4) is 0 Å². The Bertz CT molecular complexity index is 408. The summed E-state index contributed by atoms with van der Waals surface area (Å²) in [7, 11) is 0. The molecule has 14 heavy (non-hydrogen) atoms. The zero-order valence-electron chi connectivity index (χ0n) is 7.30. The second kappa shape index (κ2) is 4.95. The lowest BCUT2D eigenvalue weighted by Gasteiger charge is -2.01. The van der Waals surface area contributed by atoms with Crippen molar-refractivity contribution in [2.45, 2.75) is 13.0 Å². The normalized spacial score (nSPS) is 9.71. The average Bonchev–Trinajstić information content (AvgIpc) is 2.19. The van der Waals surface area contributed by atoms with E-state index in [2.05, 4.69) is 9.84 Å². The van der Waals surface area contributed by atoms with Gasteiger partial charge in [-0.05, 0) is 6.42 Å². The molecule has 1 aromatic rings. The van der Waals surface area contributed by atoms with Gasteiger partial charge in [-0.25, -0.2) is 5.10 Å². The predicted octanol–water partition coefficient (Wildman–Crippen LogP) is -1.51. The molecule has 0 radical (unpaired) electrons. The van der Waals surface area contributed by atoms with Crippen LogP contribution in [-0.4, -0.2) is 27.8 Å². The summed E-state index contributed by atoms with van der Waals surface area (Å²) >= 11 is 0. The van der Waals surface area contributed by atoms with Crippen molar-refractivity contribution >= 4 is 6.47 Å². The van der Waals surface area contributed by atoms with Crippen molar-refractivity contribution in [3.05, 3.63) is 27.0 Å². The number of hydrogen-bond acceptors (Lipinski definition) is 5. The molecule has 0 amide bonds. The second-order valence-electron chi connectivity index (χ2n) is 2.50. The first-order valence-corrected chi connectivity index (χ1v) is 3.95. The highest BCUT2D eigenvalue weighted by molar-refractivity contribution is 5.36. The van der Waals surface area contributed by atoms with Crippen molar-refractivity contribution in [3.8, 4) is 0 Å². The summed E-state index contributed by atoms with van der Waals surface area (Å²) in [6.07, 6.45) is 1.69. The maximum atomic E-state index is 11.1. The molecule has 76 valence electrons. The first kappa shape index (κ1) is 10.2. The summed E-state index contributed by atoms with van der Waals surface area (Å²) in [5.41, 5.74) is -1.42. The molecule has 0 aromatic carbocycles. The molecule has 7 heteroatoms. The molecule has 0 spiro atoms. The monoisotopic (exact) mass is 199 g/mol. The molecule has 0 bridgehead atoms. The number of ether oxygens (including phenoxy) is 1. The van der Waals surface area contributed by atoms with Gasteiger partial charge in [0.15, 0.2) is 0 Å². The molecular weight excluding hydrogens is 190 g/mol. The number of H-pyrrole nitrogens is 1. The highest BCUT2D eigenvalue weighted by Crippen LogP contribution is 1.83. The molecule has 1 heterocycles. The molecule has 0 aliphatic heterocycles. The summed E-state index contributed by atoms with van der Waals surface area (Å²) in [6.45, 7) is 0.838. The Morgan fingerprint density at radius 1 is 1.57 bits per heavy atom. The van der Waals surface area contributed by atoms with E-state index in [9.17, 15) is 14.4 Å². The average molecular weight is 199 g/mol. The van der Waals surface area contributed by atoms with E-state index in [1.54, 1.807) is 0 Å². The van der Waals surface area contributed by atoms with Gasteiger partial charge in [-0.15, -0.1) is 0 Å². The molecule has 1 N–H and O–H groups in total. The summed E-state index contributed by atoms with van der Waals surface area (Å²) < 4.78 is 5.58. The lowest BCUT2D eigenvalue weighted by Crippen LogP contribution is -2.36. The molecule has 0 fully saturated rings. The van der Waals surface area contributed by atoms with Crippen LogP contribution in [0.25, 0.3) is 0 Å². The first-order chi connectivity index (χ1) is 6.75. The molecule has 1 aromatic heterocycles. The van der Waals surface area contributed by atoms with Crippen LogP contribution in [-0.2, 0) is 16.1 Å². The summed E-state index contributed by atoms with van der Waals surface area (Å²) in [5, 5.41) is 5.47. The molecule has 0 aliphatic carbocycles. The second-order valence-corrected chi connectivity index (χ2v) is 2.50. The number of aromatic amines is 1. The molecule has 0 saturated carbocycles. The molecular formula is C7H9N3O4. The first-order valence-electron chi connectivity index (χ1n) is 3.95. The lowest BCUT2D eigenvalue weighted by atomic mass is 10.4. The van der Waals surface area contributed by atoms with Crippen LogP contribution in [0.4, 0.5) is 0 Å². The van der Waals surface area contributed by atoms with Gasteiger partial charge in [0.05, 0.1) is 6.61 Å². The van der Waals surface area contributed by atoms with E-state index in [1.165, 1.54) is 6.33 Å². The van der Waals surface area contributed by atoms with E-state index in [1.807, 2.05) is 5.10 Å². The number of nitrogens with zero attached hydrogens (tertiary/aromatic N) is 2. The van der Waals surface area contributed by atoms with Crippen molar-refractivity contribution in [3.63, 3.8) is 0 Å². The van der Waals surface area contributed by atoms with Gasteiger partial charge in [0.2, 0.25) is 0 Å². The third-order valence-corrected chi connectivity index (χ3v) is 1.55. The van der Waals surface area contributed by atoms with E-state index in [0.29, 0.717) is 19.4 Å². The fourth-order valence-electron chi connectivity index (χ4n) is 0.913. The molecule has 0 saturated heterocycles. The van der Waals surface area contributed by atoms with Crippen LogP contribution in [0.5, 0.6) is 0 Å². The minimum absolute atomic E-state index is 0.211. The summed E-state index contributed by atoms with van der Waals surface area (Å²) in [5.74, 6) is 0. The molecule has 0 aliphatic rings. The maximum absolute atomic E-state index is 11.1. The Morgan fingerprint density at radius 2 is 2.36 bits per heavy atom. The molecule has 0 atom stereocenters. The topological polar surface area (TPSA) is 94.1 Å². The SMILES string of the molecule is O=COCCCn1cn[nH]c(=O)c1=O. The van der Waals surface area contributed by atoms with Gasteiger partial charge < -0.3 is 4.74 Å². The van der Waals surface area contributed by atoms with Crippen LogP contribution in [0, 0.1) is 0 Å². The highest BCUT2D eigenvalue weighted by atomic mass is 16.5. The van der Waals surface area contributed by atoms with Gasteiger partial charge in [0.25, 0.3) is 6.47 Å². The standard InChI is InChI=1S/C7H9N3O4/c11-5-14-3-1-2-10-4-8-9-6(12)7(10)13/h4-5H,1-3H2,(H,9,12). The Balaban J connectivity index is 2.59. The van der Waals surface area contributed by atoms with Gasteiger partial charge in [-0.2, -0.15) is 5.10 Å². The van der Waals surface area contributed by atoms with E-state index >= 15 is 0 Å². The predicted molar refractivity (Wildman–Crippen MR) is 45.8 cm³/mol. The van der Waals surface area contributed by atoms with E-state index in [0.717, 1.165) is 4.57 Å². The minimum Gasteiger partial charge on any atom is -0.468 e. The van der Waals surface area contributed by atoms with Crippen molar-refractivity contribution in [1.82, 2.24) is 14.8 Å². The summed E-state index contributed by atoms with van der Waals surface area (Å²) in [6, 6.07) is 0. The van der Waals surface area contributed by atoms with E-state index in [-0.39, 0.29) is 6.61 Å². The number of aromatic nitrogens is 3. The van der Waals surface area contributed by atoms with Crippen LogP contribution < -0.4 is 11.1 Å². The Kier molecular flexibility index (Phi) is 3.59. The minimum atomic E-state index is -0.760. The van der Waals surface area contributed by atoms with Crippen LogP contribution >= 0.6 is 0 Å². The number of carbonyl (C=O) groups excluding carboxylic acids is 1. The van der Waals surface area contributed by atoms with Crippen LogP contribution in [0.15, 0.2) is 15.9 Å². The van der Waals surface area contributed by atoms with Crippen LogP contribution in [0.2, 0.25) is 0 Å². The fraction of sp³-hybridized carbons (Fsp3) is 0.429. The highest BCUT2D eigenvalue weighted by Gasteiger charge is 1.99. The largest absolute Gasteiger partial charge is 0.468 e. The van der Waals surface area contributed by atoms with Crippen molar-refractivity contribution < 1.29 is 9.53 Å². The van der Waals surface area contributed by atoms with Gasteiger partial charge in [-0.1, -0.05) is 0 Å². The van der Waals surface area contributed by atoms with Gasteiger partial charge >= 0.3 is 11.1 Å². The Labute approximate surface area is 78.3 Å². The maximum Gasteiger partial charge on any atom is 0.330 e. The van der Waals surface area contributed by atoms with E-state index in [4.69, 9.17) is 0 Å². The molecule has 1 rings (SSSR count). The third-order valence-electron chi connectivity index (χ3n) is 1.55. The quantitative estimate of drug-likeness (QED) is 0.353. The number of nitrogens with one attached hydrogen (secondary N) is 1. The van der Waals surface area contributed by atoms with Crippen molar-refractivity contribution in [2.75, 3.05) is 6.61 Å². The molecule has 0 unspecified atom stereocenters. The van der Waals surface area contributed by atoms with Gasteiger partial charge in [0, 0.05) is 6.54 Å². The van der Waals surface area contributed by atoms with Crippen molar-refractivity contribution in [2.24, 2.45) is 0 Å². The molecule has 7 nitrogen and oxygen atoms in total. The summed E-state index contributed by atoms with van der Waals surface area (Å²) in [4.78, 5) is 31.7. The van der Waals surface area contributed by atoms with Crippen molar-refractivity contribution in [1.29, 1.82) is 0 Å². The Hall–Kier alpha value is -1.92. The van der Waals surface area contributed by atoms with Gasteiger partial charge in [0.1, 0.15) is 6.33 Å². The smallest absolute Gasteiger partial charge is 0.330 e. The number of carbonyl (C=O) groups is 1. The number of rotatable bonds is 5. The Morgan fingerprint density at radius 3 is 3.07 bits per heavy atom. The third kappa shape index (κ3) is 2.54. The van der Waals surface area contributed by atoms with Crippen LogP contribution in [0.1, 0.15) is 6.42 Å². The van der Waals surface area contributed by atoms with Gasteiger partial charge in [-0.3, -0.25) is 19.0 Å². The number of aryl methyl sites for hydroxylation is 1.